The molecule has 120 valence electrons. The summed E-state index contributed by atoms with van der Waals surface area (Å²) < 4.78 is 0. The minimum atomic E-state index is 0. The van der Waals surface area contributed by atoms with Crippen molar-refractivity contribution in [3.8, 4) is 0 Å². The van der Waals surface area contributed by atoms with Gasteiger partial charge in [0.15, 0.2) is 0 Å². The predicted octanol–water partition coefficient (Wildman–Crippen LogP) is 4.26. The molecule has 6 rings (SSSR count). The summed E-state index contributed by atoms with van der Waals surface area (Å²) in [5.74, 6) is 0. The fraction of sp³-hybridized carbons (Fsp3) is 0. The molecule has 0 fully saturated rings. The van der Waals surface area contributed by atoms with Crippen LogP contribution in [0.2, 0.25) is 0 Å². The molecule has 0 aliphatic heterocycles. The number of hydrogen-bond donors (Lipinski definition) is 0. The van der Waals surface area contributed by atoms with Gasteiger partial charge in [-0.25, -0.2) is 0 Å². The molecule has 0 spiro atoms. The summed E-state index contributed by atoms with van der Waals surface area (Å²) in [5.41, 5.74) is 0. The quantitative estimate of drug-likeness (QED) is 0.221. The zero-order chi connectivity index (χ0) is 17.1. The number of benzene rings is 6. The summed E-state index contributed by atoms with van der Waals surface area (Å²) in [5, 5.41) is 12.7. The first kappa shape index (κ1) is 16.4. The summed E-state index contributed by atoms with van der Waals surface area (Å²) in [6.07, 6.45) is 0. The van der Waals surface area contributed by atoms with Crippen LogP contribution in [0.25, 0.3) is 53.9 Å². The Morgan fingerprint density at radius 3 is 1.37 bits per heavy atom. The second-order valence-corrected chi connectivity index (χ2v) is 7.05. The van der Waals surface area contributed by atoms with E-state index in [1.165, 1.54) is 53.9 Å². The number of hydrogen-bond acceptors (Lipinski definition) is 0. The normalized spacial score (nSPS) is 11.4. The van der Waals surface area contributed by atoms with Gasteiger partial charge in [0.05, 0.1) is 0 Å². The van der Waals surface area contributed by atoms with Gasteiger partial charge in [0.25, 0.3) is 0 Å². The first-order valence-corrected chi connectivity index (χ1v) is 8.94. The minimum absolute atomic E-state index is 0. The van der Waals surface area contributed by atoms with Gasteiger partial charge >= 0.3 is 18.9 Å². The molecule has 0 unspecified atom stereocenters. The van der Waals surface area contributed by atoms with Crippen molar-refractivity contribution < 1.29 is 18.9 Å². The largest absolute Gasteiger partial charge is 1.00 e. The Morgan fingerprint density at radius 2 is 0.815 bits per heavy atom. The Labute approximate surface area is 169 Å². The van der Waals surface area contributed by atoms with E-state index in [9.17, 15) is 0 Å². The van der Waals surface area contributed by atoms with E-state index < -0.39 is 0 Å². The fourth-order valence-electron chi connectivity index (χ4n) is 4.07. The summed E-state index contributed by atoms with van der Waals surface area (Å²) in [6.45, 7) is 0. The van der Waals surface area contributed by atoms with Crippen molar-refractivity contribution in [2.24, 2.45) is 0 Å². The van der Waals surface area contributed by atoms with Crippen LogP contribution in [-0.4, -0.2) is 0 Å². The van der Waals surface area contributed by atoms with E-state index in [0.29, 0.717) is 0 Å². The summed E-state index contributed by atoms with van der Waals surface area (Å²) >= 11 is 0. The first-order valence-electron chi connectivity index (χ1n) is 8.94. The maximum absolute atomic E-state index is 3.34. The molecular weight excluding hydrogens is 319 g/mol. The Bertz CT molecular complexity index is 1260. The molecule has 6 aromatic rings. The Hall–Kier alpha value is -2.78. The van der Waals surface area contributed by atoms with Crippen LogP contribution in [0.4, 0.5) is 0 Å². The van der Waals surface area contributed by atoms with Crippen LogP contribution in [-0.2, 0) is 0 Å². The molecule has 27 heavy (non-hydrogen) atoms. The van der Waals surface area contributed by atoms with Crippen molar-refractivity contribution in [3.05, 3.63) is 97.1 Å². The third-order valence-corrected chi connectivity index (χ3v) is 5.39. The molecule has 0 saturated heterocycles. The molecule has 0 saturated carbocycles. The smallest absolute Gasteiger partial charge is 0.147 e. The minimum Gasteiger partial charge on any atom is -0.147 e. The molecule has 6 aromatic carbocycles. The molecule has 0 nitrogen and oxygen atoms in total. The molecule has 0 atom stereocenters. The molecule has 0 aliphatic carbocycles. The van der Waals surface area contributed by atoms with Crippen molar-refractivity contribution in [2.45, 2.75) is 0 Å². The van der Waals surface area contributed by atoms with E-state index >= 15 is 0 Å². The topological polar surface area (TPSA) is 0 Å². The van der Waals surface area contributed by atoms with E-state index in [1.54, 1.807) is 0 Å². The van der Waals surface area contributed by atoms with Gasteiger partial charge in [-0.1, -0.05) is 41.8 Å². The van der Waals surface area contributed by atoms with Crippen molar-refractivity contribution in [3.63, 3.8) is 0 Å². The van der Waals surface area contributed by atoms with E-state index in [2.05, 4.69) is 84.9 Å². The molecule has 0 bridgehead atoms. The van der Waals surface area contributed by atoms with Crippen LogP contribution in [0.5, 0.6) is 0 Å². The van der Waals surface area contributed by atoms with Gasteiger partial charge in [0.2, 0.25) is 0 Å². The second kappa shape index (κ2) is 6.14. The molecule has 0 radical (unpaired) electrons. The average Bonchev–Trinajstić information content (AvgIpc) is 2.67. The van der Waals surface area contributed by atoms with Crippen LogP contribution in [0.3, 0.4) is 0 Å². The van der Waals surface area contributed by atoms with Gasteiger partial charge in [0.1, 0.15) is 0 Å². The zero-order valence-corrected chi connectivity index (χ0v) is 15.2. The van der Waals surface area contributed by atoms with Gasteiger partial charge in [-0.2, -0.15) is 0 Å². The molecule has 1 heteroatoms. The van der Waals surface area contributed by atoms with E-state index in [0.717, 1.165) is 0 Å². The number of fused-ring (bicyclic) bond motifs is 5. The van der Waals surface area contributed by atoms with Crippen molar-refractivity contribution in [2.75, 3.05) is 0 Å². The van der Waals surface area contributed by atoms with E-state index in [-0.39, 0.29) is 18.9 Å². The summed E-state index contributed by atoms with van der Waals surface area (Å²) in [7, 11) is 0. The SMILES string of the molecule is [Li+].[c-]1cccc2cc3cc4cc5cc6ccccc6cc5cc4cc3cc12. The zero-order valence-electron chi connectivity index (χ0n) is 15.2. The summed E-state index contributed by atoms with van der Waals surface area (Å²) in [4.78, 5) is 0. The van der Waals surface area contributed by atoms with Gasteiger partial charge in [-0.15, -0.1) is 41.1 Å². The van der Waals surface area contributed by atoms with Crippen LogP contribution in [0.1, 0.15) is 0 Å². The van der Waals surface area contributed by atoms with Gasteiger partial charge in [0, 0.05) is 0 Å². The Kier molecular flexibility index (Phi) is 3.73. The third kappa shape index (κ3) is 2.62. The number of rotatable bonds is 0. The Balaban J connectivity index is 0.00000160. The van der Waals surface area contributed by atoms with Gasteiger partial charge in [-0.3, -0.25) is 0 Å². The monoisotopic (exact) mass is 334 g/mol. The van der Waals surface area contributed by atoms with Crippen molar-refractivity contribution >= 4 is 53.9 Å². The molecular formula is C26H15Li. The molecule has 0 aromatic heterocycles. The molecule has 0 aliphatic rings. The van der Waals surface area contributed by atoms with Gasteiger partial charge < -0.3 is 0 Å². The first-order chi connectivity index (χ1) is 12.8. The van der Waals surface area contributed by atoms with Crippen LogP contribution < -0.4 is 18.9 Å². The molecule has 0 amide bonds. The molecule has 0 heterocycles. The van der Waals surface area contributed by atoms with Crippen LogP contribution in [0, 0.1) is 6.07 Å². The van der Waals surface area contributed by atoms with E-state index in [4.69, 9.17) is 0 Å². The maximum atomic E-state index is 3.34. The van der Waals surface area contributed by atoms with Gasteiger partial charge in [-0.05, 0) is 68.0 Å². The molecule has 0 N–H and O–H groups in total. The maximum Gasteiger partial charge on any atom is 1.00 e. The fourth-order valence-corrected chi connectivity index (χ4v) is 4.07. The van der Waals surface area contributed by atoms with Crippen molar-refractivity contribution in [1.82, 2.24) is 0 Å². The van der Waals surface area contributed by atoms with Crippen LogP contribution >= 0.6 is 0 Å². The Morgan fingerprint density at radius 1 is 0.407 bits per heavy atom. The standard InChI is InChI=1S/C26H15.Li/c1-2-6-18-10-22-14-26-16-24-12-20-8-4-3-7-19(20)11-23(24)15-25(26)13-21(22)9-17(18)5-1;/h1-7,9-16H;/q-1;+1. The van der Waals surface area contributed by atoms with E-state index in [1.807, 2.05) is 12.1 Å². The second-order valence-electron chi connectivity index (χ2n) is 7.05. The van der Waals surface area contributed by atoms with Crippen LogP contribution in [0.15, 0.2) is 91.0 Å². The summed E-state index contributed by atoms with van der Waals surface area (Å²) in [6, 6.07) is 36.4. The van der Waals surface area contributed by atoms with Crippen molar-refractivity contribution in [1.29, 1.82) is 0 Å². The predicted molar refractivity (Wildman–Crippen MR) is 113 cm³/mol. The third-order valence-electron chi connectivity index (χ3n) is 5.39. The average molecular weight is 334 g/mol.